The SMILES string of the molecule is Cc1cccc(Oc2ccc(Br)cc2CCl)c1[N+](=O)[O-]. The second-order valence-electron chi connectivity index (χ2n) is 4.17. The molecule has 2 rings (SSSR count). The molecule has 0 fully saturated rings. The fraction of sp³-hybridized carbons (Fsp3) is 0.143. The van der Waals surface area contributed by atoms with E-state index in [1.165, 1.54) is 0 Å². The van der Waals surface area contributed by atoms with E-state index in [4.69, 9.17) is 16.3 Å². The average molecular weight is 357 g/mol. The van der Waals surface area contributed by atoms with Crippen molar-refractivity contribution in [3.8, 4) is 11.5 Å². The maximum absolute atomic E-state index is 11.1. The number of hydrogen-bond donors (Lipinski definition) is 0. The molecule has 0 saturated heterocycles. The normalized spacial score (nSPS) is 10.3. The van der Waals surface area contributed by atoms with Gasteiger partial charge in [0.1, 0.15) is 5.75 Å². The number of benzene rings is 2. The van der Waals surface area contributed by atoms with Crippen LogP contribution >= 0.6 is 27.5 Å². The maximum Gasteiger partial charge on any atom is 0.314 e. The molecule has 104 valence electrons. The Hall–Kier alpha value is -1.59. The summed E-state index contributed by atoms with van der Waals surface area (Å²) < 4.78 is 6.56. The van der Waals surface area contributed by atoms with Gasteiger partial charge in [-0.05, 0) is 31.2 Å². The lowest BCUT2D eigenvalue weighted by Gasteiger charge is -2.11. The van der Waals surface area contributed by atoms with Crippen molar-refractivity contribution in [1.29, 1.82) is 0 Å². The number of nitrogens with zero attached hydrogens (tertiary/aromatic N) is 1. The Morgan fingerprint density at radius 3 is 2.70 bits per heavy atom. The first-order valence-electron chi connectivity index (χ1n) is 5.79. The number of halogens is 2. The molecule has 0 aliphatic carbocycles. The highest BCUT2D eigenvalue weighted by molar-refractivity contribution is 9.10. The fourth-order valence-electron chi connectivity index (χ4n) is 1.82. The van der Waals surface area contributed by atoms with E-state index in [-0.39, 0.29) is 17.3 Å². The summed E-state index contributed by atoms with van der Waals surface area (Å²) in [5.41, 5.74) is 1.28. The van der Waals surface area contributed by atoms with Gasteiger partial charge in [-0.1, -0.05) is 28.1 Å². The van der Waals surface area contributed by atoms with Crippen LogP contribution in [-0.4, -0.2) is 4.92 Å². The number of nitro benzene ring substituents is 1. The minimum Gasteiger partial charge on any atom is -0.450 e. The van der Waals surface area contributed by atoms with Gasteiger partial charge in [0.25, 0.3) is 0 Å². The summed E-state index contributed by atoms with van der Waals surface area (Å²) in [5.74, 6) is 0.981. The second-order valence-corrected chi connectivity index (χ2v) is 5.35. The standard InChI is InChI=1S/C14H11BrClNO3/c1-9-3-2-4-13(14(9)17(18)19)20-12-6-5-11(15)7-10(12)8-16/h2-7H,8H2,1H3. The quantitative estimate of drug-likeness (QED) is 0.430. The predicted molar refractivity (Wildman–Crippen MR) is 81.6 cm³/mol. The minimum absolute atomic E-state index is 0.0315. The zero-order chi connectivity index (χ0) is 14.7. The highest BCUT2D eigenvalue weighted by atomic mass is 79.9. The molecule has 4 nitrogen and oxygen atoms in total. The van der Waals surface area contributed by atoms with E-state index >= 15 is 0 Å². The van der Waals surface area contributed by atoms with Crippen molar-refractivity contribution in [2.75, 3.05) is 0 Å². The van der Waals surface area contributed by atoms with E-state index < -0.39 is 4.92 Å². The highest BCUT2D eigenvalue weighted by Crippen LogP contribution is 2.36. The van der Waals surface area contributed by atoms with Crippen molar-refractivity contribution in [2.24, 2.45) is 0 Å². The van der Waals surface area contributed by atoms with Crippen LogP contribution in [-0.2, 0) is 5.88 Å². The third kappa shape index (κ3) is 3.11. The monoisotopic (exact) mass is 355 g/mol. The zero-order valence-corrected chi connectivity index (χ0v) is 12.9. The van der Waals surface area contributed by atoms with Crippen molar-refractivity contribution in [3.05, 3.63) is 62.1 Å². The molecule has 0 radical (unpaired) electrons. The summed E-state index contributed by atoms with van der Waals surface area (Å²) in [6.45, 7) is 1.68. The van der Waals surface area contributed by atoms with Crippen LogP contribution in [0.4, 0.5) is 5.69 Å². The van der Waals surface area contributed by atoms with Crippen LogP contribution in [0.5, 0.6) is 11.5 Å². The number of nitro groups is 1. The second kappa shape index (κ2) is 6.24. The molecule has 2 aromatic rings. The van der Waals surface area contributed by atoms with Gasteiger partial charge in [0, 0.05) is 15.6 Å². The molecule has 0 aliphatic rings. The molecule has 0 heterocycles. The van der Waals surface area contributed by atoms with Crippen LogP contribution in [0, 0.1) is 17.0 Å². The van der Waals surface area contributed by atoms with E-state index in [1.807, 2.05) is 6.07 Å². The van der Waals surface area contributed by atoms with Gasteiger partial charge in [-0.2, -0.15) is 0 Å². The van der Waals surface area contributed by atoms with Crippen LogP contribution in [0.2, 0.25) is 0 Å². The van der Waals surface area contributed by atoms with Crippen molar-refractivity contribution in [2.45, 2.75) is 12.8 Å². The molecule has 0 amide bonds. The Bertz CT molecular complexity index is 661. The first-order valence-corrected chi connectivity index (χ1v) is 7.12. The Morgan fingerprint density at radius 2 is 2.05 bits per heavy atom. The van der Waals surface area contributed by atoms with Crippen LogP contribution in [0.1, 0.15) is 11.1 Å². The molecule has 0 atom stereocenters. The molecule has 0 bridgehead atoms. The van der Waals surface area contributed by atoms with E-state index in [0.29, 0.717) is 11.3 Å². The topological polar surface area (TPSA) is 52.4 Å². The molecule has 0 saturated carbocycles. The molecule has 2 aromatic carbocycles. The fourth-order valence-corrected chi connectivity index (χ4v) is 2.44. The lowest BCUT2D eigenvalue weighted by molar-refractivity contribution is -0.386. The summed E-state index contributed by atoms with van der Waals surface area (Å²) in [5, 5.41) is 11.1. The number of alkyl halides is 1. The first kappa shape index (κ1) is 14.8. The number of aryl methyl sites for hydroxylation is 1. The summed E-state index contributed by atoms with van der Waals surface area (Å²) >= 11 is 9.22. The van der Waals surface area contributed by atoms with Gasteiger partial charge in [-0.15, -0.1) is 11.6 Å². The summed E-state index contributed by atoms with van der Waals surface area (Å²) in [4.78, 5) is 10.7. The largest absolute Gasteiger partial charge is 0.450 e. The van der Waals surface area contributed by atoms with Crippen LogP contribution in [0.3, 0.4) is 0 Å². The molecule has 0 spiro atoms. The zero-order valence-electron chi connectivity index (χ0n) is 10.6. The molecule has 0 aliphatic heterocycles. The first-order chi connectivity index (χ1) is 9.52. The molecule has 0 unspecified atom stereocenters. The van der Waals surface area contributed by atoms with Gasteiger partial charge < -0.3 is 4.74 Å². The third-order valence-electron chi connectivity index (χ3n) is 2.77. The van der Waals surface area contributed by atoms with Crippen LogP contribution in [0.15, 0.2) is 40.9 Å². The lowest BCUT2D eigenvalue weighted by Crippen LogP contribution is -1.97. The maximum atomic E-state index is 11.1. The van der Waals surface area contributed by atoms with Gasteiger partial charge in [-0.3, -0.25) is 10.1 Å². The van der Waals surface area contributed by atoms with E-state index in [9.17, 15) is 10.1 Å². The van der Waals surface area contributed by atoms with Crippen molar-refractivity contribution in [1.82, 2.24) is 0 Å². The predicted octanol–water partition coefficient (Wildman–Crippen LogP) is 5.20. The number of hydrogen-bond acceptors (Lipinski definition) is 3. The molecular formula is C14H11BrClNO3. The van der Waals surface area contributed by atoms with Crippen LogP contribution < -0.4 is 4.74 Å². The van der Waals surface area contributed by atoms with Crippen LogP contribution in [0.25, 0.3) is 0 Å². The van der Waals surface area contributed by atoms with Crippen molar-refractivity contribution >= 4 is 33.2 Å². The highest BCUT2D eigenvalue weighted by Gasteiger charge is 2.19. The molecule has 6 heteroatoms. The smallest absolute Gasteiger partial charge is 0.314 e. The molecule has 0 N–H and O–H groups in total. The Balaban J connectivity index is 2.45. The third-order valence-corrected chi connectivity index (χ3v) is 3.55. The minimum atomic E-state index is -0.441. The van der Waals surface area contributed by atoms with Gasteiger partial charge in [0.05, 0.1) is 10.8 Å². The molecule has 0 aromatic heterocycles. The average Bonchev–Trinajstić information content (AvgIpc) is 2.40. The molecular weight excluding hydrogens is 346 g/mol. The molecule has 20 heavy (non-hydrogen) atoms. The summed E-state index contributed by atoms with van der Waals surface area (Å²) in [7, 11) is 0. The Labute approximate surface area is 129 Å². The van der Waals surface area contributed by atoms with E-state index in [1.54, 1.807) is 37.3 Å². The van der Waals surface area contributed by atoms with Gasteiger partial charge in [0.15, 0.2) is 0 Å². The number of para-hydroxylation sites is 1. The van der Waals surface area contributed by atoms with E-state index in [2.05, 4.69) is 15.9 Å². The van der Waals surface area contributed by atoms with Crippen molar-refractivity contribution in [3.63, 3.8) is 0 Å². The Kier molecular flexibility index (Phi) is 4.62. The number of rotatable bonds is 4. The Morgan fingerprint density at radius 1 is 1.30 bits per heavy atom. The van der Waals surface area contributed by atoms with Crippen molar-refractivity contribution < 1.29 is 9.66 Å². The lowest BCUT2D eigenvalue weighted by atomic mass is 10.2. The summed E-state index contributed by atoms with van der Waals surface area (Å²) in [6, 6.07) is 10.3. The van der Waals surface area contributed by atoms with Gasteiger partial charge >= 0.3 is 5.69 Å². The van der Waals surface area contributed by atoms with Gasteiger partial charge in [0.2, 0.25) is 5.75 Å². The van der Waals surface area contributed by atoms with Gasteiger partial charge in [-0.25, -0.2) is 0 Å². The number of ether oxygens (including phenoxy) is 1. The summed E-state index contributed by atoms with van der Waals surface area (Å²) in [6.07, 6.45) is 0. The van der Waals surface area contributed by atoms with E-state index in [0.717, 1.165) is 10.0 Å².